The number of rotatable bonds is 4. The molecule has 3 heterocycles. The van der Waals surface area contributed by atoms with Crippen molar-refractivity contribution in [2.24, 2.45) is 9.98 Å². The van der Waals surface area contributed by atoms with E-state index < -0.39 is 11.5 Å². The van der Waals surface area contributed by atoms with E-state index in [1.807, 2.05) is 13.8 Å². The third-order valence-electron chi connectivity index (χ3n) is 3.61. The van der Waals surface area contributed by atoms with Crippen LogP contribution in [0.1, 0.15) is 38.2 Å². The highest BCUT2D eigenvalue weighted by molar-refractivity contribution is 6.01. The molecule has 0 aromatic carbocycles. The van der Waals surface area contributed by atoms with Crippen LogP contribution in [0.15, 0.2) is 14.4 Å². The van der Waals surface area contributed by atoms with E-state index in [-0.39, 0.29) is 35.4 Å². The van der Waals surface area contributed by atoms with Gasteiger partial charge in [-0.15, -0.1) is 0 Å². The molecule has 0 spiro atoms. The highest BCUT2D eigenvalue weighted by Gasteiger charge is 2.33. The normalized spacial score (nSPS) is 24.5. The van der Waals surface area contributed by atoms with E-state index in [4.69, 9.17) is 13.9 Å². The highest BCUT2D eigenvalue weighted by atomic mass is 16.5. The maximum Gasteiger partial charge on any atom is 0.257 e. The second kappa shape index (κ2) is 5.31. The van der Waals surface area contributed by atoms with Gasteiger partial charge in [-0.1, -0.05) is 13.8 Å². The minimum Gasteiger partial charge on any atom is -0.501 e. The Kier molecular flexibility index (Phi) is 3.48. The lowest BCUT2D eigenvalue weighted by Gasteiger charge is -1.98. The van der Waals surface area contributed by atoms with Gasteiger partial charge in [0.25, 0.3) is 11.8 Å². The van der Waals surface area contributed by atoms with E-state index in [1.165, 1.54) is 0 Å². The number of ether oxygens (including phenoxy) is 2. The third-order valence-corrected chi connectivity index (χ3v) is 3.61. The van der Waals surface area contributed by atoms with Crippen LogP contribution in [0.4, 0.5) is 0 Å². The maximum atomic E-state index is 10.0. The van der Waals surface area contributed by atoms with E-state index in [1.54, 1.807) is 0 Å². The zero-order valence-electron chi connectivity index (χ0n) is 12.0. The first kappa shape index (κ1) is 13.8. The van der Waals surface area contributed by atoms with Gasteiger partial charge < -0.3 is 24.1 Å². The van der Waals surface area contributed by atoms with Crippen LogP contribution in [0.25, 0.3) is 0 Å². The van der Waals surface area contributed by atoms with Crippen LogP contribution < -0.4 is 0 Å². The van der Waals surface area contributed by atoms with E-state index >= 15 is 0 Å². The van der Waals surface area contributed by atoms with Gasteiger partial charge in [-0.25, -0.2) is 9.98 Å². The lowest BCUT2D eigenvalue weighted by atomic mass is 10.3. The molecule has 0 saturated carbocycles. The first-order chi connectivity index (χ1) is 10.1. The Hall–Kier alpha value is -2.18. The molecule has 2 aliphatic heterocycles. The predicted octanol–water partition coefficient (Wildman–Crippen LogP) is 1.80. The summed E-state index contributed by atoms with van der Waals surface area (Å²) in [5.74, 6) is -0.356. The molecule has 0 bridgehead atoms. The summed E-state index contributed by atoms with van der Waals surface area (Å²) in [5.41, 5.74) is 0. The van der Waals surface area contributed by atoms with Crippen LogP contribution in [0.3, 0.4) is 0 Å². The molecule has 3 rings (SSSR count). The number of hydrogen-bond acceptors (Lipinski definition) is 7. The average Bonchev–Trinajstić information content (AvgIpc) is 3.20. The number of aromatic hydroxyl groups is 2. The molecule has 2 N–H and O–H groups in total. The van der Waals surface area contributed by atoms with Gasteiger partial charge in [-0.3, -0.25) is 0 Å². The Morgan fingerprint density at radius 3 is 1.67 bits per heavy atom. The largest absolute Gasteiger partial charge is 0.501 e. The van der Waals surface area contributed by atoms with Crippen molar-refractivity contribution in [3.05, 3.63) is 11.5 Å². The highest BCUT2D eigenvalue weighted by Crippen LogP contribution is 2.38. The molecule has 1 aromatic rings. The SMILES string of the molecule is CCC1COC(c2oc(C3=NC(CC)CO3)c(O)c2O)=N1. The van der Waals surface area contributed by atoms with Gasteiger partial charge in [-0.2, -0.15) is 0 Å². The molecule has 0 amide bonds. The smallest absolute Gasteiger partial charge is 0.257 e. The van der Waals surface area contributed by atoms with Crippen molar-refractivity contribution in [3.63, 3.8) is 0 Å². The second-order valence-corrected chi connectivity index (χ2v) is 5.07. The molecule has 2 aliphatic rings. The van der Waals surface area contributed by atoms with Crippen molar-refractivity contribution >= 4 is 11.8 Å². The minimum absolute atomic E-state index is 0.0182. The summed E-state index contributed by atoms with van der Waals surface area (Å²) in [6.07, 6.45) is 1.66. The van der Waals surface area contributed by atoms with Gasteiger partial charge in [-0.05, 0) is 12.8 Å². The fraction of sp³-hybridized carbons (Fsp3) is 0.571. The van der Waals surface area contributed by atoms with Crippen LogP contribution >= 0.6 is 0 Å². The Bertz CT molecular complexity index is 554. The monoisotopic (exact) mass is 294 g/mol. The van der Waals surface area contributed by atoms with Crippen LogP contribution in [-0.2, 0) is 9.47 Å². The molecule has 0 fully saturated rings. The minimum atomic E-state index is -0.397. The maximum absolute atomic E-state index is 10.0. The van der Waals surface area contributed by atoms with Crippen molar-refractivity contribution in [1.29, 1.82) is 0 Å². The molecule has 2 unspecified atom stereocenters. The lowest BCUT2D eigenvalue weighted by molar-refractivity contribution is 0.300. The zero-order valence-corrected chi connectivity index (χ0v) is 12.0. The second-order valence-electron chi connectivity index (χ2n) is 5.07. The van der Waals surface area contributed by atoms with Gasteiger partial charge in [0.2, 0.25) is 23.0 Å². The molecule has 0 aliphatic carbocycles. The van der Waals surface area contributed by atoms with Crippen LogP contribution in [0.2, 0.25) is 0 Å². The molecule has 21 heavy (non-hydrogen) atoms. The fourth-order valence-corrected chi connectivity index (χ4v) is 2.20. The molecule has 0 radical (unpaired) electrons. The first-order valence-electron chi connectivity index (χ1n) is 7.10. The summed E-state index contributed by atoms with van der Waals surface area (Å²) < 4.78 is 16.3. The topological polar surface area (TPSA) is 96.8 Å². The number of furan rings is 1. The van der Waals surface area contributed by atoms with Gasteiger partial charge >= 0.3 is 0 Å². The van der Waals surface area contributed by atoms with Crippen LogP contribution in [0, 0.1) is 0 Å². The zero-order chi connectivity index (χ0) is 15.0. The quantitative estimate of drug-likeness (QED) is 0.882. The summed E-state index contributed by atoms with van der Waals surface area (Å²) in [7, 11) is 0. The predicted molar refractivity (Wildman–Crippen MR) is 75.2 cm³/mol. The van der Waals surface area contributed by atoms with Crippen LogP contribution in [0.5, 0.6) is 11.5 Å². The summed E-state index contributed by atoms with van der Waals surface area (Å²) >= 11 is 0. The third kappa shape index (κ3) is 2.32. The standard InChI is InChI=1S/C14H18N2O5/c1-3-7-5-19-13(15-7)11-9(17)10(18)12(21-11)14-16-8(4-2)6-20-14/h7-8,17-18H,3-6H2,1-2H3. The van der Waals surface area contributed by atoms with E-state index in [0.29, 0.717) is 13.2 Å². The average molecular weight is 294 g/mol. The van der Waals surface area contributed by atoms with Crippen molar-refractivity contribution in [1.82, 2.24) is 0 Å². The molecule has 2 atom stereocenters. The number of aliphatic imine (C=N–C) groups is 2. The van der Waals surface area contributed by atoms with Crippen molar-refractivity contribution in [3.8, 4) is 11.5 Å². The molecule has 0 saturated heterocycles. The molecule has 114 valence electrons. The van der Waals surface area contributed by atoms with E-state index in [9.17, 15) is 10.2 Å². The van der Waals surface area contributed by atoms with Gasteiger partial charge in [0.1, 0.15) is 13.2 Å². The summed E-state index contributed by atoms with van der Waals surface area (Å²) in [6, 6.07) is 0.0827. The van der Waals surface area contributed by atoms with Crippen molar-refractivity contribution < 1.29 is 24.1 Å². The fourth-order valence-electron chi connectivity index (χ4n) is 2.20. The molecule has 7 heteroatoms. The van der Waals surface area contributed by atoms with E-state index in [2.05, 4.69) is 9.98 Å². The molecular formula is C14H18N2O5. The summed E-state index contributed by atoms with van der Waals surface area (Å²) in [5, 5.41) is 20.0. The Morgan fingerprint density at radius 1 is 0.905 bits per heavy atom. The van der Waals surface area contributed by atoms with Crippen molar-refractivity contribution in [2.75, 3.05) is 13.2 Å². The Balaban J connectivity index is 1.93. The number of nitrogens with zero attached hydrogens (tertiary/aromatic N) is 2. The van der Waals surface area contributed by atoms with Gasteiger partial charge in [0, 0.05) is 0 Å². The summed E-state index contributed by atoms with van der Waals surface area (Å²) in [6.45, 7) is 4.88. The van der Waals surface area contributed by atoms with Crippen LogP contribution in [-0.4, -0.2) is 47.3 Å². The molecule has 1 aromatic heterocycles. The molecular weight excluding hydrogens is 276 g/mol. The number of hydrogen-bond donors (Lipinski definition) is 2. The Labute approximate surface area is 121 Å². The van der Waals surface area contributed by atoms with Gasteiger partial charge in [0.05, 0.1) is 12.1 Å². The molecule has 7 nitrogen and oxygen atoms in total. The van der Waals surface area contributed by atoms with Crippen molar-refractivity contribution in [2.45, 2.75) is 38.8 Å². The Morgan fingerprint density at radius 2 is 1.33 bits per heavy atom. The van der Waals surface area contributed by atoms with E-state index in [0.717, 1.165) is 12.8 Å². The van der Waals surface area contributed by atoms with Gasteiger partial charge in [0.15, 0.2) is 0 Å². The first-order valence-corrected chi connectivity index (χ1v) is 7.10. The summed E-state index contributed by atoms with van der Waals surface area (Å²) in [4.78, 5) is 8.60. The lowest BCUT2D eigenvalue weighted by Crippen LogP contribution is -2.04.